The predicted molar refractivity (Wildman–Crippen MR) is 111 cm³/mol. The lowest BCUT2D eigenvalue weighted by Gasteiger charge is -2.34. The van der Waals surface area contributed by atoms with E-state index in [1.807, 2.05) is 0 Å². The van der Waals surface area contributed by atoms with Gasteiger partial charge in [0.1, 0.15) is 11.9 Å². The number of hydrogen-bond acceptors (Lipinski definition) is 7. The number of carbonyl (C=O) groups is 1. The van der Waals surface area contributed by atoms with Crippen molar-refractivity contribution >= 4 is 28.8 Å². The van der Waals surface area contributed by atoms with E-state index in [4.69, 9.17) is 4.74 Å². The average molecular weight is 441 g/mol. The number of nitrogens with zero attached hydrogens (tertiary/aromatic N) is 4. The Hall–Kier alpha value is -3.58. The van der Waals surface area contributed by atoms with Crippen LogP contribution in [0.3, 0.4) is 0 Å². The quantitative estimate of drug-likeness (QED) is 0.644. The number of anilines is 2. The molecule has 1 fully saturated rings. The number of piperidine rings is 1. The summed E-state index contributed by atoms with van der Waals surface area (Å²) in [6.45, 7) is 1.20. The number of amides is 1. The topological polar surface area (TPSA) is 91.1 Å². The van der Waals surface area contributed by atoms with Crippen LogP contribution in [0.15, 0.2) is 41.8 Å². The molecule has 2 aromatic carbocycles. The lowest BCUT2D eigenvalue weighted by molar-refractivity contribution is 0.102. The normalized spacial score (nSPS) is 14.2. The highest BCUT2D eigenvalue weighted by Crippen LogP contribution is 2.31. The molecular formula is C21H17F2N5O2S. The minimum atomic E-state index is -0.726. The summed E-state index contributed by atoms with van der Waals surface area (Å²) in [5.74, 6) is -1.75. The van der Waals surface area contributed by atoms with Gasteiger partial charge in [0.15, 0.2) is 17.3 Å². The smallest absolute Gasteiger partial charge is 0.277 e. The standard InChI is InChI=1S/C21H17F2N5O2S/c22-14-2-4-20(16(23)10-14)30-15-5-7-28(8-6-15)19-3-1-13(11-24)9-17(19)25-21(29)18-12-31-27-26-18/h1-4,9-10,12,15H,5-8H2,(H,25,29). The Balaban J connectivity index is 1.46. The molecule has 7 nitrogen and oxygen atoms in total. The molecule has 1 saturated heterocycles. The molecule has 1 aromatic heterocycles. The van der Waals surface area contributed by atoms with Crippen molar-refractivity contribution in [1.82, 2.24) is 9.59 Å². The summed E-state index contributed by atoms with van der Waals surface area (Å²) in [5, 5.41) is 17.3. The summed E-state index contributed by atoms with van der Waals surface area (Å²) in [6, 6.07) is 10.4. The van der Waals surface area contributed by atoms with Crippen LogP contribution in [0.25, 0.3) is 0 Å². The fourth-order valence-corrected chi connectivity index (χ4v) is 3.83. The second-order valence-corrected chi connectivity index (χ2v) is 7.58. The van der Waals surface area contributed by atoms with Crippen molar-refractivity contribution in [2.24, 2.45) is 0 Å². The maximum absolute atomic E-state index is 13.9. The molecule has 1 aliphatic heterocycles. The minimum absolute atomic E-state index is 0.0306. The van der Waals surface area contributed by atoms with Crippen LogP contribution in [-0.4, -0.2) is 34.7 Å². The van der Waals surface area contributed by atoms with Gasteiger partial charge in [-0.2, -0.15) is 5.26 Å². The predicted octanol–water partition coefficient (Wildman–Crippen LogP) is 3.99. The molecule has 3 aromatic rings. The number of rotatable bonds is 5. The van der Waals surface area contributed by atoms with E-state index in [1.165, 1.54) is 6.07 Å². The first-order chi connectivity index (χ1) is 15.0. The molecule has 2 heterocycles. The van der Waals surface area contributed by atoms with Crippen molar-refractivity contribution < 1.29 is 18.3 Å². The van der Waals surface area contributed by atoms with E-state index in [0.29, 0.717) is 37.2 Å². The van der Waals surface area contributed by atoms with Crippen molar-refractivity contribution in [2.75, 3.05) is 23.3 Å². The van der Waals surface area contributed by atoms with Gasteiger partial charge in [-0.15, -0.1) is 5.10 Å². The van der Waals surface area contributed by atoms with Crippen molar-refractivity contribution in [3.8, 4) is 11.8 Å². The molecule has 0 unspecified atom stereocenters. The summed E-state index contributed by atoms with van der Waals surface area (Å²) in [7, 11) is 0. The Morgan fingerprint density at radius 2 is 2.03 bits per heavy atom. The third kappa shape index (κ3) is 4.78. The first-order valence-corrected chi connectivity index (χ1v) is 10.4. The Morgan fingerprint density at radius 3 is 2.71 bits per heavy atom. The van der Waals surface area contributed by atoms with Gasteiger partial charge in [-0.05, 0) is 41.9 Å². The van der Waals surface area contributed by atoms with E-state index < -0.39 is 17.5 Å². The van der Waals surface area contributed by atoms with Crippen LogP contribution in [0.1, 0.15) is 28.9 Å². The largest absolute Gasteiger partial charge is 0.487 e. The van der Waals surface area contributed by atoms with Crippen LogP contribution in [0.2, 0.25) is 0 Å². The third-order valence-corrected chi connectivity index (χ3v) is 5.44. The Bertz CT molecular complexity index is 1130. The van der Waals surface area contributed by atoms with E-state index >= 15 is 0 Å². The lowest BCUT2D eigenvalue weighted by atomic mass is 10.1. The molecule has 0 bridgehead atoms. The molecule has 1 N–H and O–H groups in total. The number of halogens is 2. The zero-order chi connectivity index (χ0) is 21.8. The van der Waals surface area contributed by atoms with Crippen molar-refractivity contribution in [2.45, 2.75) is 18.9 Å². The van der Waals surface area contributed by atoms with E-state index in [1.54, 1.807) is 23.6 Å². The van der Waals surface area contributed by atoms with Crippen molar-refractivity contribution in [3.63, 3.8) is 0 Å². The summed E-state index contributed by atoms with van der Waals surface area (Å²) < 4.78 is 36.3. The summed E-state index contributed by atoms with van der Waals surface area (Å²) in [5.41, 5.74) is 1.88. The maximum atomic E-state index is 13.9. The summed E-state index contributed by atoms with van der Waals surface area (Å²) >= 11 is 1.07. The fraction of sp³-hybridized carbons (Fsp3) is 0.238. The minimum Gasteiger partial charge on any atom is -0.487 e. The molecule has 10 heteroatoms. The Labute approximate surface area is 181 Å². The second-order valence-electron chi connectivity index (χ2n) is 6.97. The molecule has 0 radical (unpaired) electrons. The highest BCUT2D eigenvalue weighted by atomic mass is 32.1. The Morgan fingerprint density at radius 1 is 1.23 bits per heavy atom. The molecule has 0 aliphatic carbocycles. The van der Waals surface area contributed by atoms with Gasteiger partial charge in [0.05, 0.1) is 23.0 Å². The van der Waals surface area contributed by atoms with Gasteiger partial charge >= 0.3 is 0 Å². The highest BCUT2D eigenvalue weighted by molar-refractivity contribution is 7.03. The van der Waals surface area contributed by atoms with E-state index in [0.717, 1.165) is 29.4 Å². The summed E-state index contributed by atoms with van der Waals surface area (Å²) in [6.07, 6.45) is 1.01. The zero-order valence-electron chi connectivity index (χ0n) is 16.2. The highest BCUT2D eigenvalue weighted by Gasteiger charge is 2.24. The zero-order valence-corrected chi connectivity index (χ0v) is 17.0. The molecular weight excluding hydrogens is 424 g/mol. The van der Waals surface area contributed by atoms with Crippen LogP contribution in [0.4, 0.5) is 20.2 Å². The monoisotopic (exact) mass is 441 g/mol. The first-order valence-electron chi connectivity index (χ1n) is 9.52. The molecule has 1 aliphatic rings. The molecule has 0 spiro atoms. The van der Waals surface area contributed by atoms with Gasteiger partial charge in [0.2, 0.25) is 0 Å². The average Bonchev–Trinajstić information content (AvgIpc) is 3.31. The number of ether oxygens (including phenoxy) is 1. The van der Waals surface area contributed by atoms with Crippen molar-refractivity contribution in [3.05, 3.63) is 64.7 Å². The fourth-order valence-electron chi connectivity index (χ4n) is 3.40. The maximum Gasteiger partial charge on any atom is 0.277 e. The second kappa shape index (κ2) is 9.06. The third-order valence-electron chi connectivity index (χ3n) is 4.94. The SMILES string of the molecule is N#Cc1ccc(N2CCC(Oc3ccc(F)cc3F)CC2)c(NC(=O)c2csnn2)c1. The molecule has 4 rings (SSSR count). The number of nitrogens with one attached hydrogen (secondary N) is 1. The van der Waals surface area contributed by atoms with Crippen LogP contribution in [0, 0.1) is 23.0 Å². The number of benzene rings is 2. The van der Waals surface area contributed by atoms with Crippen LogP contribution in [0.5, 0.6) is 5.75 Å². The first kappa shape index (κ1) is 20.7. The Kier molecular flexibility index (Phi) is 6.04. The van der Waals surface area contributed by atoms with Gasteiger partial charge in [0, 0.05) is 37.4 Å². The lowest BCUT2D eigenvalue weighted by Crippen LogP contribution is -2.38. The number of nitriles is 1. The van der Waals surface area contributed by atoms with Crippen molar-refractivity contribution in [1.29, 1.82) is 5.26 Å². The molecule has 158 valence electrons. The molecule has 0 atom stereocenters. The van der Waals surface area contributed by atoms with Crippen LogP contribution in [-0.2, 0) is 0 Å². The number of carbonyl (C=O) groups excluding carboxylic acids is 1. The van der Waals surface area contributed by atoms with Crippen LogP contribution >= 0.6 is 11.5 Å². The number of aromatic nitrogens is 2. The van der Waals surface area contributed by atoms with Crippen LogP contribution < -0.4 is 15.0 Å². The van der Waals surface area contributed by atoms with Gasteiger partial charge in [0.25, 0.3) is 5.91 Å². The van der Waals surface area contributed by atoms with Gasteiger partial charge in [-0.25, -0.2) is 8.78 Å². The van der Waals surface area contributed by atoms with Gasteiger partial charge in [-0.1, -0.05) is 4.49 Å². The molecule has 1 amide bonds. The van der Waals surface area contributed by atoms with Gasteiger partial charge in [-0.3, -0.25) is 4.79 Å². The van der Waals surface area contributed by atoms with Gasteiger partial charge < -0.3 is 15.0 Å². The van der Waals surface area contributed by atoms with E-state index in [2.05, 4.69) is 25.9 Å². The summed E-state index contributed by atoms with van der Waals surface area (Å²) in [4.78, 5) is 14.5. The van der Waals surface area contributed by atoms with E-state index in [-0.39, 0.29) is 17.5 Å². The number of hydrogen-bond donors (Lipinski definition) is 1. The molecule has 0 saturated carbocycles. The molecule has 31 heavy (non-hydrogen) atoms. The van der Waals surface area contributed by atoms with E-state index in [9.17, 15) is 18.8 Å².